The van der Waals surface area contributed by atoms with Gasteiger partial charge in [0.15, 0.2) is 17.7 Å². The molecule has 0 radical (unpaired) electrons. The summed E-state index contributed by atoms with van der Waals surface area (Å²) in [6.07, 6.45) is 4.57. The topological polar surface area (TPSA) is 328 Å². The summed E-state index contributed by atoms with van der Waals surface area (Å²) in [6.45, 7) is 3.40. The molecule has 50 heavy (non-hydrogen) atoms. The molecule has 1 aliphatic carbocycles. The van der Waals surface area contributed by atoms with Gasteiger partial charge in [0.25, 0.3) is 0 Å². The molecule has 0 bridgehead atoms. The van der Waals surface area contributed by atoms with E-state index < -0.39 is 65.4 Å². The van der Waals surface area contributed by atoms with Gasteiger partial charge in [0.2, 0.25) is 23.6 Å². The molecule has 15 N–H and O–H groups in total. The molecule has 0 spiro atoms. The number of primary amides is 2. The number of ketones is 2. The van der Waals surface area contributed by atoms with Crippen LogP contribution in [0.5, 0.6) is 0 Å². The monoisotopic (exact) mass is 708 g/mol. The number of Topliss-reactive ketones (excluding diaryl/α,β-unsaturated/α-hetero) is 2. The Balaban J connectivity index is 3.25. The molecule has 1 fully saturated rings. The molecule has 4 amide bonds. The largest absolute Gasteiger partial charge is 0.393 e. The fraction of sp³-hybridized carbons (Fsp3) is 0.758. The predicted octanol–water partition coefficient (Wildman–Crippen LogP) is -1.05. The lowest BCUT2D eigenvalue weighted by atomic mass is 9.84. The van der Waals surface area contributed by atoms with Crippen molar-refractivity contribution < 1.29 is 33.9 Å². The number of rotatable bonds is 25. The molecule has 0 saturated heterocycles. The van der Waals surface area contributed by atoms with Gasteiger partial charge in [0.05, 0.1) is 12.1 Å². The zero-order valence-corrected chi connectivity index (χ0v) is 29.6. The van der Waals surface area contributed by atoms with Crippen LogP contribution in [0, 0.1) is 23.7 Å². The van der Waals surface area contributed by atoms with Crippen molar-refractivity contribution in [2.45, 2.75) is 122 Å². The maximum atomic E-state index is 13.8. The molecule has 17 nitrogen and oxygen atoms in total. The fourth-order valence-electron chi connectivity index (χ4n) is 6.01. The third kappa shape index (κ3) is 17.9. The van der Waals surface area contributed by atoms with Crippen LogP contribution in [0.3, 0.4) is 0 Å². The second kappa shape index (κ2) is 23.2. The lowest BCUT2D eigenvalue weighted by Gasteiger charge is -2.27. The number of carbonyl (C=O) groups excluding carboxylic acids is 6. The Hall–Kier alpha value is -4.28. The van der Waals surface area contributed by atoms with E-state index in [0.29, 0.717) is 19.3 Å². The molecule has 0 aromatic rings. The molecule has 1 rings (SSSR count). The van der Waals surface area contributed by atoms with Crippen molar-refractivity contribution in [3.8, 4) is 0 Å². The lowest BCUT2D eigenvalue weighted by molar-refractivity contribution is -0.136. The van der Waals surface area contributed by atoms with Gasteiger partial charge in [-0.3, -0.25) is 38.8 Å². The number of guanidine groups is 2. The highest BCUT2D eigenvalue weighted by molar-refractivity contribution is 5.95. The Morgan fingerprint density at radius 2 is 1.18 bits per heavy atom. The summed E-state index contributed by atoms with van der Waals surface area (Å²) in [6, 6.07) is -2.14. The number of hydrogen-bond donors (Lipinski definition) is 9. The number of carbonyl (C=O) groups is 6. The van der Waals surface area contributed by atoms with Crippen molar-refractivity contribution in [2.24, 2.45) is 68.1 Å². The van der Waals surface area contributed by atoms with E-state index in [1.54, 1.807) is 6.92 Å². The highest BCUT2D eigenvalue weighted by Crippen LogP contribution is 2.28. The van der Waals surface area contributed by atoms with Gasteiger partial charge in [-0.1, -0.05) is 39.0 Å². The second-order valence-electron chi connectivity index (χ2n) is 13.4. The summed E-state index contributed by atoms with van der Waals surface area (Å²) in [5.41, 5.74) is 32.7. The van der Waals surface area contributed by atoms with Crippen molar-refractivity contribution in [1.82, 2.24) is 10.6 Å². The average molecular weight is 709 g/mol. The average Bonchev–Trinajstić information content (AvgIpc) is 3.04. The van der Waals surface area contributed by atoms with Crippen molar-refractivity contribution in [3.63, 3.8) is 0 Å². The first-order valence-corrected chi connectivity index (χ1v) is 17.5. The number of nitrogens with two attached hydrogens (primary N) is 6. The maximum absolute atomic E-state index is 13.8. The number of aliphatic hydroxyl groups excluding tert-OH is 1. The summed E-state index contributed by atoms with van der Waals surface area (Å²) >= 11 is 0. The quantitative estimate of drug-likeness (QED) is 0.0313. The minimum Gasteiger partial charge on any atom is -0.393 e. The highest BCUT2D eigenvalue weighted by atomic mass is 16.3. The molecule has 0 heterocycles. The number of nitrogens with one attached hydrogen (secondary N) is 2. The van der Waals surface area contributed by atoms with Crippen molar-refractivity contribution >= 4 is 47.1 Å². The van der Waals surface area contributed by atoms with Gasteiger partial charge in [-0.25, -0.2) is 0 Å². The van der Waals surface area contributed by atoms with Crippen LogP contribution < -0.4 is 45.0 Å². The van der Waals surface area contributed by atoms with E-state index in [2.05, 4.69) is 20.6 Å². The molecular weight excluding hydrogens is 648 g/mol. The van der Waals surface area contributed by atoms with Crippen LogP contribution in [-0.4, -0.2) is 83.5 Å². The maximum Gasteiger partial charge on any atom is 0.240 e. The van der Waals surface area contributed by atoms with Crippen molar-refractivity contribution in [3.05, 3.63) is 0 Å². The third-order valence-corrected chi connectivity index (χ3v) is 9.22. The van der Waals surface area contributed by atoms with E-state index in [1.165, 1.54) is 6.92 Å². The first-order chi connectivity index (χ1) is 23.5. The van der Waals surface area contributed by atoms with E-state index >= 15 is 0 Å². The van der Waals surface area contributed by atoms with Crippen LogP contribution in [0.25, 0.3) is 0 Å². The summed E-state index contributed by atoms with van der Waals surface area (Å²) in [7, 11) is 0. The first kappa shape index (κ1) is 43.7. The molecule has 284 valence electrons. The van der Waals surface area contributed by atoms with E-state index in [1.807, 2.05) is 0 Å². The van der Waals surface area contributed by atoms with Gasteiger partial charge >= 0.3 is 0 Å². The lowest BCUT2D eigenvalue weighted by Crippen LogP contribution is -2.49. The van der Waals surface area contributed by atoms with E-state index in [-0.39, 0.29) is 75.2 Å². The summed E-state index contributed by atoms with van der Waals surface area (Å²) in [5, 5.41) is 15.3. The molecule has 1 saturated carbocycles. The van der Waals surface area contributed by atoms with Gasteiger partial charge in [0.1, 0.15) is 11.8 Å². The zero-order valence-electron chi connectivity index (χ0n) is 29.6. The molecule has 0 unspecified atom stereocenters. The van der Waals surface area contributed by atoms with E-state index in [4.69, 9.17) is 34.4 Å². The van der Waals surface area contributed by atoms with Crippen molar-refractivity contribution in [1.29, 1.82) is 0 Å². The minimum atomic E-state index is -1.22. The van der Waals surface area contributed by atoms with E-state index in [0.717, 1.165) is 32.1 Å². The predicted molar refractivity (Wildman–Crippen MR) is 190 cm³/mol. The summed E-state index contributed by atoms with van der Waals surface area (Å²) < 4.78 is 0. The Labute approximate surface area is 294 Å². The first-order valence-electron chi connectivity index (χ1n) is 17.5. The normalized spacial score (nSPS) is 16.8. The number of nitrogens with zero attached hydrogens (tertiary/aromatic N) is 2. The van der Waals surface area contributed by atoms with Crippen LogP contribution in [0.4, 0.5) is 0 Å². The number of amides is 4. The molecule has 6 atom stereocenters. The Kier molecular flexibility index (Phi) is 20.3. The standard InChI is InChI=1S/C33H60N10O7/c1-19(20(2)44)26(45)17-22(10-6-14-40-32(36)37)30(49)42-24(12-13-28(34)47)27(46)18-23(11-7-15-41-33(38)39)31(50)43-25(29(35)48)16-21-8-4-3-5-9-21/h19-25,44H,3-18H2,1-2H3,(H2,34,47)(H2,35,48)(H,42,49)(H,43,50)(H4,36,37,40)(H4,38,39,41)/t19-,20+,22+,23+,24-,25-/m0/s1. The minimum absolute atomic E-state index is 0.130. The molecular formula is C33H60N10O7. The van der Waals surface area contributed by atoms with Gasteiger partial charge in [0, 0.05) is 50.1 Å². The molecule has 0 aromatic heterocycles. The Morgan fingerprint density at radius 3 is 1.62 bits per heavy atom. The van der Waals surface area contributed by atoms with Crippen LogP contribution in [-0.2, 0) is 28.8 Å². The summed E-state index contributed by atoms with van der Waals surface area (Å²) in [5.74, 6) is -6.08. The second-order valence-corrected chi connectivity index (χ2v) is 13.4. The van der Waals surface area contributed by atoms with Crippen molar-refractivity contribution in [2.75, 3.05) is 13.1 Å². The van der Waals surface area contributed by atoms with Crippen LogP contribution in [0.2, 0.25) is 0 Å². The smallest absolute Gasteiger partial charge is 0.240 e. The molecule has 17 heteroatoms. The van der Waals surface area contributed by atoms with Crippen LogP contribution in [0.1, 0.15) is 104 Å². The Morgan fingerprint density at radius 1 is 0.700 bits per heavy atom. The SMILES string of the molecule is C[C@H](C(=O)C[C@@H](CCCN=C(N)N)C(=O)N[C@@H](CCC(N)=O)C(=O)C[C@@H](CCCN=C(N)N)C(=O)N[C@@H](CC1CCCCC1)C(N)=O)[C@@H](C)O. The fourth-order valence-corrected chi connectivity index (χ4v) is 6.01. The van der Waals surface area contributed by atoms with Crippen LogP contribution in [0.15, 0.2) is 9.98 Å². The highest BCUT2D eigenvalue weighted by Gasteiger charge is 2.33. The number of aliphatic imine (C=N–C) groups is 2. The third-order valence-electron chi connectivity index (χ3n) is 9.22. The Bertz CT molecular complexity index is 1200. The summed E-state index contributed by atoms with van der Waals surface area (Å²) in [4.78, 5) is 85.9. The van der Waals surface area contributed by atoms with Gasteiger partial charge in [-0.05, 0) is 51.4 Å². The molecule has 0 aliphatic heterocycles. The van der Waals surface area contributed by atoms with Gasteiger partial charge in [-0.2, -0.15) is 0 Å². The molecule has 0 aromatic carbocycles. The van der Waals surface area contributed by atoms with Crippen LogP contribution >= 0.6 is 0 Å². The van der Waals surface area contributed by atoms with Gasteiger partial charge in [-0.15, -0.1) is 0 Å². The number of aliphatic hydroxyl groups is 1. The van der Waals surface area contributed by atoms with Gasteiger partial charge < -0.3 is 50.1 Å². The number of hydrogen-bond acceptors (Lipinski definition) is 9. The van der Waals surface area contributed by atoms with E-state index in [9.17, 15) is 33.9 Å². The molecule has 1 aliphatic rings. The zero-order chi connectivity index (χ0) is 37.8.